The van der Waals surface area contributed by atoms with Crippen LogP contribution in [0.25, 0.3) is 0 Å². The van der Waals surface area contributed by atoms with Gasteiger partial charge in [0.15, 0.2) is 6.29 Å². The van der Waals surface area contributed by atoms with Crippen LogP contribution in [0.4, 0.5) is 0 Å². The second kappa shape index (κ2) is 11.9. The highest BCUT2D eigenvalue weighted by Crippen LogP contribution is 2.31. The smallest absolute Gasteiger partial charge is 0.302 e. The van der Waals surface area contributed by atoms with E-state index >= 15 is 0 Å². The van der Waals surface area contributed by atoms with E-state index in [1.54, 1.807) is 0 Å². The maximum Gasteiger partial charge on any atom is 0.302 e. The number of ether oxygens (including phenoxy) is 4. The van der Waals surface area contributed by atoms with Gasteiger partial charge in [-0.15, -0.1) is 0 Å². The van der Waals surface area contributed by atoms with Gasteiger partial charge < -0.3 is 24.3 Å². The Kier molecular flexibility index (Phi) is 9.57. The summed E-state index contributed by atoms with van der Waals surface area (Å²) in [5, 5.41) is 2.94. The van der Waals surface area contributed by atoms with E-state index < -0.39 is 6.29 Å². The van der Waals surface area contributed by atoms with Gasteiger partial charge in [-0.25, -0.2) is 0 Å². The van der Waals surface area contributed by atoms with Crippen molar-refractivity contribution in [2.24, 2.45) is 11.8 Å². The summed E-state index contributed by atoms with van der Waals surface area (Å²) in [5.74, 6) is -0.269. The zero-order valence-corrected chi connectivity index (χ0v) is 17.8. The van der Waals surface area contributed by atoms with Crippen molar-refractivity contribution in [1.29, 1.82) is 0 Å². The van der Waals surface area contributed by atoms with Crippen LogP contribution in [0.1, 0.15) is 39.7 Å². The Morgan fingerprint density at radius 3 is 2.45 bits per heavy atom. The second-order valence-corrected chi connectivity index (χ2v) is 7.55. The van der Waals surface area contributed by atoms with E-state index in [0.717, 1.165) is 5.56 Å². The molecule has 1 amide bonds. The van der Waals surface area contributed by atoms with Gasteiger partial charge in [-0.3, -0.25) is 9.59 Å². The van der Waals surface area contributed by atoms with Crippen molar-refractivity contribution in [2.75, 3.05) is 19.8 Å². The fraction of sp³-hybridized carbons (Fsp3) is 0.636. The normalized spacial score (nSPS) is 26.7. The zero-order chi connectivity index (χ0) is 21.2. The van der Waals surface area contributed by atoms with Crippen LogP contribution in [-0.2, 0) is 35.1 Å². The lowest BCUT2D eigenvalue weighted by molar-refractivity contribution is -0.244. The van der Waals surface area contributed by atoms with Crippen molar-refractivity contribution in [3.63, 3.8) is 0 Å². The Balaban J connectivity index is 1.82. The van der Waals surface area contributed by atoms with Gasteiger partial charge in [-0.05, 0) is 23.8 Å². The minimum absolute atomic E-state index is 0.0975. The molecule has 0 aromatic heterocycles. The molecule has 1 unspecified atom stereocenters. The standard InChI is InChI=1S/C22H33NO6/c1-15-16(2)21(23-17(3)24)22(29-20(15)14-28-18(4)25)27-12-8-11-26-13-19-9-6-5-7-10-19/h5-7,9-10,15-16,20-22H,8,11-14H2,1-4H3,(H,23,24)/t15-,16+,20-,21-,22?/m1/s1. The lowest BCUT2D eigenvalue weighted by Crippen LogP contribution is -2.58. The number of benzene rings is 1. The second-order valence-electron chi connectivity index (χ2n) is 7.55. The minimum atomic E-state index is -0.597. The van der Waals surface area contributed by atoms with E-state index in [4.69, 9.17) is 18.9 Å². The summed E-state index contributed by atoms with van der Waals surface area (Å²) in [6.07, 6.45) is -0.170. The highest BCUT2D eigenvalue weighted by molar-refractivity contribution is 5.73. The largest absolute Gasteiger partial charge is 0.463 e. The number of rotatable bonds is 10. The molecule has 1 aliphatic heterocycles. The van der Waals surface area contributed by atoms with Crippen molar-refractivity contribution < 1.29 is 28.5 Å². The van der Waals surface area contributed by atoms with Crippen LogP contribution in [0.2, 0.25) is 0 Å². The lowest BCUT2D eigenvalue weighted by Gasteiger charge is -2.44. The number of hydrogen-bond acceptors (Lipinski definition) is 6. The Labute approximate surface area is 173 Å². The van der Waals surface area contributed by atoms with Gasteiger partial charge in [0.25, 0.3) is 0 Å². The predicted molar refractivity (Wildman–Crippen MR) is 108 cm³/mol. The predicted octanol–water partition coefficient (Wildman–Crippen LogP) is 2.67. The number of amides is 1. The van der Waals surface area contributed by atoms with Gasteiger partial charge in [-0.1, -0.05) is 44.2 Å². The molecule has 29 heavy (non-hydrogen) atoms. The molecule has 1 N–H and O–H groups in total. The number of nitrogens with one attached hydrogen (secondary N) is 1. The molecule has 1 aromatic rings. The van der Waals surface area contributed by atoms with E-state index in [9.17, 15) is 9.59 Å². The van der Waals surface area contributed by atoms with Crippen molar-refractivity contribution in [1.82, 2.24) is 5.32 Å². The average Bonchev–Trinajstić information content (AvgIpc) is 2.69. The van der Waals surface area contributed by atoms with Gasteiger partial charge in [-0.2, -0.15) is 0 Å². The van der Waals surface area contributed by atoms with Gasteiger partial charge in [0.2, 0.25) is 5.91 Å². The lowest BCUT2D eigenvalue weighted by atomic mass is 9.82. The Morgan fingerprint density at radius 2 is 1.79 bits per heavy atom. The van der Waals surface area contributed by atoms with Crippen molar-refractivity contribution in [3.05, 3.63) is 35.9 Å². The van der Waals surface area contributed by atoms with E-state index in [2.05, 4.69) is 5.32 Å². The summed E-state index contributed by atoms with van der Waals surface area (Å²) in [7, 11) is 0. The van der Waals surface area contributed by atoms with E-state index in [0.29, 0.717) is 26.2 Å². The monoisotopic (exact) mass is 407 g/mol. The minimum Gasteiger partial charge on any atom is -0.463 e. The molecule has 5 atom stereocenters. The third-order valence-corrected chi connectivity index (χ3v) is 5.23. The number of carbonyl (C=O) groups excluding carboxylic acids is 2. The molecule has 1 saturated heterocycles. The summed E-state index contributed by atoms with van der Waals surface area (Å²) in [5.41, 5.74) is 1.13. The fourth-order valence-electron chi connectivity index (χ4n) is 3.39. The molecule has 7 nitrogen and oxygen atoms in total. The first-order chi connectivity index (χ1) is 13.9. The summed E-state index contributed by atoms with van der Waals surface area (Å²) in [6.45, 7) is 8.68. The maximum atomic E-state index is 11.6. The topological polar surface area (TPSA) is 83.1 Å². The van der Waals surface area contributed by atoms with E-state index in [1.165, 1.54) is 13.8 Å². The molecule has 2 rings (SSSR count). The van der Waals surface area contributed by atoms with Crippen LogP contribution in [0.3, 0.4) is 0 Å². The zero-order valence-electron chi connectivity index (χ0n) is 17.8. The first kappa shape index (κ1) is 23.3. The molecule has 1 aliphatic rings. The van der Waals surface area contributed by atoms with Crippen LogP contribution in [0, 0.1) is 11.8 Å². The highest BCUT2D eigenvalue weighted by atomic mass is 16.7. The van der Waals surface area contributed by atoms with Gasteiger partial charge in [0.05, 0.1) is 25.4 Å². The Bertz CT molecular complexity index is 635. The number of hydrogen-bond donors (Lipinski definition) is 1. The molecular formula is C22H33NO6. The van der Waals surface area contributed by atoms with E-state index in [1.807, 2.05) is 44.2 Å². The van der Waals surface area contributed by atoms with Crippen molar-refractivity contribution in [3.8, 4) is 0 Å². The molecule has 1 heterocycles. The number of carbonyl (C=O) groups is 2. The number of esters is 1. The Morgan fingerprint density at radius 1 is 1.07 bits per heavy atom. The first-order valence-corrected chi connectivity index (χ1v) is 10.2. The molecule has 0 radical (unpaired) electrons. The van der Waals surface area contributed by atoms with Gasteiger partial charge in [0.1, 0.15) is 6.61 Å². The average molecular weight is 408 g/mol. The van der Waals surface area contributed by atoms with Crippen LogP contribution >= 0.6 is 0 Å². The van der Waals surface area contributed by atoms with Crippen LogP contribution < -0.4 is 5.32 Å². The third kappa shape index (κ3) is 7.76. The summed E-state index contributed by atoms with van der Waals surface area (Å²) >= 11 is 0. The molecule has 0 spiro atoms. The quantitative estimate of drug-likeness (QED) is 0.474. The van der Waals surface area contributed by atoms with Crippen LogP contribution in [-0.4, -0.2) is 50.1 Å². The molecular weight excluding hydrogens is 374 g/mol. The van der Waals surface area contributed by atoms with Crippen molar-refractivity contribution >= 4 is 11.9 Å². The molecule has 1 aromatic carbocycles. The molecule has 1 fully saturated rings. The first-order valence-electron chi connectivity index (χ1n) is 10.2. The third-order valence-electron chi connectivity index (χ3n) is 5.23. The highest BCUT2D eigenvalue weighted by Gasteiger charge is 2.42. The molecule has 7 heteroatoms. The molecule has 0 saturated carbocycles. The van der Waals surface area contributed by atoms with Crippen molar-refractivity contribution in [2.45, 2.75) is 59.2 Å². The Hall–Kier alpha value is -1.96. The van der Waals surface area contributed by atoms with E-state index in [-0.39, 0.29) is 42.5 Å². The van der Waals surface area contributed by atoms with Gasteiger partial charge >= 0.3 is 5.97 Å². The summed E-state index contributed by atoms with van der Waals surface area (Å²) < 4.78 is 22.8. The molecule has 0 aliphatic carbocycles. The maximum absolute atomic E-state index is 11.6. The van der Waals surface area contributed by atoms with Crippen LogP contribution in [0.5, 0.6) is 0 Å². The SMILES string of the molecule is CC(=O)N[C@H]1C(OCCCOCc2ccccc2)O[C@H](COC(C)=O)[C@H](C)[C@@H]1C. The fourth-order valence-corrected chi connectivity index (χ4v) is 3.39. The summed E-state index contributed by atoms with van der Waals surface area (Å²) in [4.78, 5) is 22.8. The molecule has 162 valence electrons. The van der Waals surface area contributed by atoms with Crippen LogP contribution in [0.15, 0.2) is 30.3 Å². The molecule has 0 bridgehead atoms. The van der Waals surface area contributed by atoms with Gasteiger partial charge in [0, 0.05) is 20.5 Å². The summed E-state index contributed by atoms with van der Waals surface area (Å²) in [6, 6.07) is 9.73.